The molecule has 2 aromatic carbocycles. The van der Waals surface area contributed by atoms with Gasteiger partial charge in [-0.15, -0.1) is 5.10 Å². The molecule has 0 aliphatic heterocycles. The van der Waals surface area contributed by atoms with Crippen LogP contribution in [-0.2, 0) is 10.9 Å². The number of nitrogens with one attached hydrogen (secondary N) is 1. The standard InChI is InChI=1S/C13H12N4O3S/c1-20-11-5-6-13-12(8-11)14-16-17(13)10-4-2-3-9(7-10)15-21(18)19/h2-8,21H,1H3,(H,15,18,19). The maximum atomic E-state index is 10.7. The van der Waals surface area contributed by atoms with Gasteiger partial charge in [-0.05, 0) is 30.3 Å². The van der Waals surface area contributed by atoms with Crippen LogP contribution in [0.25, 0.3) is 16.7 Å². The fraction of sp³-hybridized carbons (Fsp3) is 0.0769. The van der Waals surface area contributed by atoms with Crippen LogP contribution in [0.2, 0.25) is 0 Å². The molecular weight excluding hydrogens is 292 g/mol. The molecule has 7 nitrogen and oxygen atoms in total. The number of thiol groups is 1. The Kier molecular flexibility index (Phi) is 3.44. The molecule has 0 fully saturated rings. The number of methoxy groups -OCH3 is 1. The summed E-state index contributed by atoms with van der Waals surface area (Å²) in [5.41, 5.74) is 2.69. The lowest BCUT2D eigenvalue weighted by Crippen LogP contribution is -1.99. The molecule has 0 spiro atoms. The Hall–Kier alpha value is -2.61. The zero-order valence-electron chi connectivity index (χ0n) is 11.1. The highest BCUT2D eigenvalue weighted by Gasteiger charge is 2.08. The number of rotatable bonds is 4. The van der Waals surface area contributed by atoms with Gasteiger partial charge in [-0.3, -0.25) is 4.72 Å². The average Bonchev–Trinajstić information content (AvgIpc) is 2.89. The Balaban J connectivity index is 2.08. The van der Waals surface area contributed by atoms with E-state index in [1.165, 1.54) is 0 Å². The topological polar surface area (TPSA) is 86.1 Å². The van der Waals surface area contributed by atoms with Gasteiger partial charge in [0.25, 0.3) is 0 Å². The first-order valence-corrected chi connectivity index (χ1v) is 7.26. The van der Waals surface area contributed by atoms with Gasteiger partial charge in [0, 0.05) is 6.07 Å². The molecule has 0 radical (unpaired) electrons. The van der Waals surface area contributed by atoms with Crippen LogP contribution in [0.5, 0.6) is 5.75 Å². The minimum atomic E-state index is -2.70. The first-order valence-electron chi connectivity index (χ1n) is 6.08. The quantitative estimate of drug-likeness (QED) is 0.711. The van der Waals surface area contributed by atoms with E-state index in [0.717, 1.165) is 5.52 Å². The monoisotopic (exact) mass is 304 g/mol. The molecule has 0 bridgehead atoms. The van der Waals surface area contributed by atoms with Crippen molar-refractivity contribution in [1.82, 2.24) is 15.0 Å². The van der Waals surface area contributed by atoms with Crippen LogP contribution in [0.3, 0.4) is 0 Å². The lowest BCUT2D eigenvalue weighted by atomic mass is 10.2. The number of hydrogen-bond donors (Lipinski definition) is 2. The van der Waals surface area contributed by atoms with Crippen LogP contribution in [0.15, 0.2) is 42.5 Å². The molecule has 0 aliphatic carbocycles. The second kappa shape index (κ2) is 5.41. The second-order valence-electron chi connectivity index (χ2n) is 4.28. The number of hydrogen-bond acceptors (Lipinski definition) is 5. The molecule has 8 heteroatoms. The van der Waals surface area contributed by atoms with Crippen LogP contribution >= 0.6 is 0 Å². The van der Waals surface area contributed by atoms with Gasteiger partial charge < -0.3 is 4.74 Å². The summed E-state index contributed by atoms with van der Waals surface area (Å²) in [6.07, 6.45) is 0. The SMILES string of the molecule is COc1ccc2c(c1)nnn2-c1cccc(N[SH](=O)=O)c1. The van der Waals surface area contributed by atoms with Crippen molar-refractivity contribution in [3.63, 3.8) is 0 Å². The predicted octanol–water partition coefficient (Wildman–Crippen LogP) is 1.37. The molecule has 0 atom stereocenters. The maximum Gasteiger partial charge on any atom is 0.222 e. The van der Waals surface area contributed by atoms with E-state index in [9.17, 15) is 8.42 Å². The second-order valence-corrected chi connectivity index (χ2v) is 5.01. The van der Waals surface area contributed by atoms with E-state index in [-0.39, 0.29) is 0 Å². The van der Waals surface area contributed by atoms with Crippen molar-refractivity contribution in [2.75, 3.05) is 11.8 Å². The van der Waals surface area contributed by atoms with Crippen molar-refractivity contribution in [3.8, 4) is 11.4 Å². The molecule has 3 aromatic rings. The smallest absolute Gasteiger partial charge is 0.222 e. The summed E-state index contributed by atoms with van der Waals surface area (Å²) >= 11 is 0. The number of anilines is 1. The first-order chi connectivity index (χ1) is 10.2. The van der Waals surface area contributed by atoms with Gasteiger partial charge in [0.2, 0.25) is 10.9 Å². The largest absolute Gasteiger partial charge is 0.497 e. The number of fused-ring (bicyclic) bond motifs is 1. The summed E-state index contributed by atoms with van der Waals surface area (Å²) in [6, 6.07) is 12.4. The number of ether oxygens (including phenoxy) is 1. The first kappa shape index (κ1) is 13.4. The highest BCUT2D eigenvalue weighted by molar-refractivity contribution is 7.73. The third-order valence-electron chi connectivity index (χ3n) is 2.96. The van der Waals surface area contributed by atoms with Gasteiger partial charge in [0.1, 0.15) is 11.3 Å². The fourth-order valence-electron chi connectivity index (χ4n) is 2.03. The van der Waals surface area contributed by atoms with Gasteiger partial charge in [-0.25, -0.2) is 13.1 Å². The minimum absolute atomic E-state index is 0.473. The Morgan fingerprint density at radius 1 is 1.19 bits per heavy atom. The molecule has 3 rings (SSSR count). The van der Waals surface area contributed by atoms with Gasteiger partial charge >= 0.3 is 0 Å². The third kappa shape index (κ3) is 2.65. The third-order valence-corrected chi connectivity index (χ3v) is 3.40. The van der Waals surface area contributed by atoms with Crippen molar-refractivity contribution in [2.24, 2.45) is 0 Å². The molecule has 0 aliphatic rings. The Bertz CT molecular complexity index is 865. The molecular formula is C13H12N4O3S. The zero-order chi connectivity index (χ0) is 14.8. The van der Waals surface area contributed by atoms with Crippen molar-refractivity contribution in [3.05, 3.63) is 42.5 Å². The van der Waals surface area contributed by atoms with Crippen molar-refractivity contribution < 1.29 is 13.2 Å². The van der Waals surface area contributed by atoms with Crippen LogP contribution in [0.1, 0.15) is 0 Å². The van der Waals surface area contributed by atoms with E-state index in [1.54, 1.807) is 36.1 Å². The Morgan fingerprint density at radius 2 is 2.05 bits per heavy atom. The lowest BCUT2D eigenvalue weighted by Gasteiger charge is -2.05. The van der Waals surface area contributed by atoms with Crippen LogP contribution in [-0.4, -0.2) is 30.5 Å². The van der Waals surface area contributed by atoms with E-state index in [0.29, 0.717) is 22.6 Å². The van der Waals surface area contributed by atoms with Crippen molar-refractivity contribution in [2.45, 2.75) is 0 Å². The fourth-order valence-corrected chi connectivity index (χ4v) is 2.38. The molecule has 1 N–H and O–H groups in total. The van der Waals surface area contributed by atoms with Crippen LogP contribution in [0, 0.1) is 0 Å². The number of benzene rings is 2. The van der Waals surface area contributed by atoms with Crippen LogP contribution in [0.4, 0.5) is 5.69 Å². The van der Waals surface area contributed by atoms with E-state index in [4.69, 9.17) is 4.74 Å². The molecule has 0 unspecified atom stereocenters. The van der Waals surface area contributed by atoms with Gasteiger partial charge in [0.05, 0.1) is 24.0 Å². The molecule has 0 saturated carbocycles. The van der Waals surface area contributed by atoms with Gasteiger partial charge in [-0.2, -0.15) is 0 Å². The molecule has 1 heterocycles. The average molecular weight is 304 g/mol. The van der Waals surface area contributed by atoms with E-state index in [2.05, 4.69) is 15.0 Å². The summed E-state index contributed by atoms with van der Waals surface area (Å²) in [6.45, 7) is 0. The van der Waals surface area contributed by atoms with Crippen molar-refractivity contribution in [1.29, 1.82) is 0 Å². The highest BCUT2D eigenvalue weighted by Crippen LogP contribution is 2.22. The highest BCUT2D eigenvalue weighted by atomic mass is 32.2. The zero-order valence-corrected chi connectivity index (χ0v) is 11.9. The summed E-state index contributed by atoms with van der Waals surface area (Å²) in [5, 5.41) is 8.18. The lowest BCUT2D eigenvalue weighted by molar-refractivity contribution is 0.415. The summed E-state index contributed by atoms with van der Waals surface area (Å²) in [7, 11) is -1.11. The summed E-state index contributed by atoms with van der Waals surface area (Å²) in [4.78, 5) is 0. The van der Waals surface area contributed by atoms with Crippen molar-refractivity contribution >= 4 is 27.6 Å². The molecule has 108 valence electrons. The molecule has 21 heavy (non-hydrogen) atoms. The van der Waals surface area contributed by atoms with E-state index >= 15 is 0 Å². The molecule has 1 aromatic heterocycles. The molecule has 0 saturated heterocycles. The Morgan fingerprint density at radius 3 is 2.81 bits per heavy atom. The van der Waals surface area contributed by atoms with Gasteiger partial charge in [-0.1, -0.05) is 11.3 Å². The Labute approximate surface area is 122 Å². The van der Waals surface area contributed by atoms with E-state index < -0.39 is 10.9 Å². The number of aromatic nitrogens is 3. The minimum Gasteiger partial charge on any atom is -0.497 e. The van der Waals surface area contributed by atoms with Crippen LogP contribution < -0.4 is 9.46 Å². The normalized spacial score (nSPS) is 11.0. The summed E-state index contributed by atoms with van der Waals surface area (Å²) in [5.74, 6) is 0.702. The predicted molar refractivity (Wildman–Crippen MR) is 79.4 cm³/mol. The number of nitrogens with zero attached hydrogens (tertiary/aromatic N) is 3. The summed E-state index contributed by atoms with van der Waals surface area (Å²) < 4.78 is 30.6. The van der Waals surface area contributed by atoms with Gasteiger partial charge in [0.15, 0.2) is 0 Å². The maximum absolute atomic E-state index is 10.7. The molecule has 0 amide bonds. The van der Waals surface area contributed by atoms with E-state index in [1.807, 2.05) is 18.2 Å².